The van der Waals surface area contributed by atoms with Crippen LogP contribution >= 0.6 is 24.0 Å². The van der Waals surface area contributed by atoms with Crippen LogP contribution in [0.15, 0.2) is 29.3 Å². The molecule has 1 unspecified atom stereocenters. The zero-order valence-corrected chi connectivity index (χ0v) is 18.1. The summed E-state index contributed by atoms with van der Waals surface area (Å²) in [7, 11) is 3.41. The number of methoxy groups -OCH3 is 1. The van der Waals surface area contributed by atoms with Gasteiger partial charge in [0, 0.05) is 32.7 Å². The number of hydrogen-bond donors (Lipinski definition) is 3. The summed E-state index contributed by atoms with van der Waals surface area (Å²) >= 11 is 0. The Bertz CT molecular complexity index is 597. The van der Waals surface area contributed by atoms with E-state index < -0.39 is 0 Å². The Kier molecular flexibility index (Phi) is 10.2. The Morgan fingerprint density at radius 2 is 2.12 bits per heavy atom. The van der Waals surface area contributed by atoms with Gasteiger partial charge in [-0.2, -0.15) is 0 Å². The van der Waals surface area contributed by atoms with Gasteiger partial charge in [-0.05, 0) is 25.0 Å². The largest absolute Gasteiger partial charge is 0.495 e. The van der Waals surface area contributed by atoms with Gasteiger partial charge < -0.3 is 25.6 Å². The molecular formula is C18H30IN5O2. The van der Waals surface area contributed by atoms with Crippen molar-refractivity contribution in [3.8, 4) is 5.75 Å². The zero-order chi connectivity index (χ0) is 18.1. The highest BCUT2D eigenvalue weighted by molar-refractivity contribution is 14.0. The van der Waals surface area contributed by atoms with Gasteiger partial charge in [-0.1, -0.05) is 19.1 Å². The maximum atomic E-state index is 11.7. The van der Waals surface area contributed by atoms with E-state index in [2.05, 4.69) is 31.9 Å². The lowest BCUT2D eigenvalue weighted by atomic mass is 10.2. The smallest absolute Gasteiger partial charge is 0.239 e. The number of carbonyl (C=O) groups is 1. The Hall–Kier alpha value is -1.71. The van der Waals surface area contributed by atoms with E-state index in [-0.39, 0.29) is 42.5 Å². The van der Waals surface area contributed by atoms with Crippen molar-refractivity contribution in [1.29, 1.82) is 0 Å². The molecule has 1 amide bonds. The van der Waals surface area contributed by atoms with Crippen molar-refractivity contribution in [2.75, 3.05) is 45.2 Å². The second-order valence-corrected chi connectivity index (χ2v) is 6.02. The summed E-state index contributed by atoms with van der Waals surface area (Å²) in [5, 5.41) is 9.30. The number of para-hydroxylation sites is 2. The SMILES string of the molecule is CCCNC(=O)CNC(=NC)NC1CCN(c2ccccc2OC)C1.I. The molecule has 7 nitrogen and oxygen atoms in total. The lowest BCUT2D eigenvalue weighted by Crippen LogP contribution is -2.47. The maximum Gasteiger partial charge on any atom is 0.239 e. The molecule has 1 fully saturated rings. The van der Waals surface area contributed by atoms with Crippen LogP contribution < -0.4 is 25.6 Å². The number of hydrogen-bond acceptors (Lipinski definition) is 4. The maximum absolute atomic E-state index is 11.7. The van der Waals surface area contributed by atoms with Crippen molar-refractivity contribution >= 4 is 41.5 Å². The van der Waals surface area contributed by atoms with E-state index in [1.807, 2.05) is 25.1 Å². The third-order valence-electron chi connectivity index (χ3n) is 4.17. The molecule has 1 aromatic rings. The minimum Gasteiger partial charge on any atom is -0.495 e. The molecule has 3 N–H and O–H groups in total. The number of amides is 1. The second-order valence-electron chi connectivity index (χ2n) is 6.02. The standard InChI is InChI=1S/C18H29N5O2.HI/c1-4-10-20-17(24)12-21-18(19-2)22-14-9-11-23(13-14)15-7-5-6-8-16(15)25-3;/h5-8,14H,4,9-13H2,1-3H3,(H,20,24)(H2,19,21,22);1H. The number of aliphatic imine (C=N–C) groups is 1. The van der Waals surface area contributed by atoms with Gasteiger partial charge in [-0.3, -0.25) is 9.79 Å². The minimum atomic E-state index is -0.0214. The number of rotatable bonds is 7. The van der Waals surface area contributed by atoms with Crippen molar-refractivity contribution in [3.63, 3.8) is 0 Å². The molecule has 0 aromatic heterocycles. The molecule has 1 atom stereocenters. The average Bonchev–Trinajstić information content (AvgIpc) is 3.11. The molecule has 0 saturated carbocycles. The van der Waals surface area contributed by atoms with E-state index in [1.54, 1.807) is 14.2 Å². The highest BCUT2D eigenvalue weighted by Gasteiger charge is 2.25. The first-order chi connectivity index (χ1) is 12.2. The van der Waals surface area contributed by atoms with Crippen molar-refractivity contribution < 1.29 is 9.53 Å². The molecule has 146 valence electrons. The predicted molar refractivity (Wildman–Crippen MR) is 117 cm³/mol. The molecule has 26 heavy (non-hydrogen) atoms. The Labute approximate surface area is 173 Å². The summed E-state index contributed by atoms with van der Waals surface area (Å²) in [4.78, 5) is 18.2. The molecule has 1 heterocycles. The highest BCUT2D eigenvalue weighted by Crippen LogP contribution is 2.30. The van der Waals surface area contributed by atoms with E-state index in [4.69, 9.17) is 4.74 Å². The van der Waals surface area contributed by atoms with E-state index >= 15 is 0 Å². The molecule has 0 radical (unpaired) electrons. The molecule has 0 bridgehead atoms. The minimum absolute atomic E-state index is 0. The molecule has 0 aliphatic carbocycles. The lowest BCUT2D eigenvalue weighted by molar-refractivity contribution is -0.120. The number of carbonyl (C=O) groups excluding carboxylic acids is 1. The van der Waals surface area contributed by atoms with Gasteiger partial charge in [0.25, 0.3) is 0 Å². The Balaban J connectivity index is 0.00000338. The second kappa shape index (κ2) is 11.8. The third kappa shape index (κ3) is 6.54. The molecule has 1 saturated heterocycles. The van der Waals surface area contributed by atoms with Crippen molar-refractivity contribution in [2.24, 2.45) is 4.99 Å². The quantitative estimate of drug-likeness (QED) is 0.317. The van der Waals surface area contributed by atoms with Crippen LogP contribution in [0, 0.1) is 0 Å². The summed E-state index contributed by atoms with van der Waals surface area (Å²) in [5.74, 6) is 1.52. The van der Waals surface area contributed by atoms with Crippen LogP contribution in [0.3, 0.4) is 0 Å². The summed E-state index contributed by atoms with van der Waals surface area (Å²) in [5.41, 5.74) is 1.11. The predicted octanol–water partition coefficient (Wildman–Crippen LogP) is 1.58. The summed E-state index contributed by atoms with van der Waals surface area (Å²) in [6.07, 6.45) is 1.93. The summed E-state index contributed by atoms with van der Waals surface area (Å²) in [6.45, 7) is 4.77. The average molecular weight is 475 g/mol. The molecule has 1 aromatic carbocycles. The topological polar surface area (TPSA) is 78.0 Å². The van der Waals surface area contributed by atoms with Gasteiger partial charge >= 0.3 is 0 Å². The molecule has 2 rings (SSSR count). The monoisotopic (exact) mass is 475 g/mol. The summed E-state index contributed by atoms with van der Waals surface area (Å²) in [6, 6.07) is 8.32. The number of guanidine groups is 1. The van der Waals surface area contributed by atoms with Gasteiger partial charge in [0.05, 0.1) is 19.3 Å². The van der Waals surface area contributed by atoms with Gasteiger partial charge in [-0.25, -0.2) is 0 Å². The number of nitrogens with zero attached hydrogens (tertiary/aromatic N) is 2. The van der Waals surface area contributed by atoms with Crippen LogP contribution in [0.5, 0.6) is 5.75 Å². The van der Waals surface area contributed by atoms with Gasteiger partial charge in [0.2, 0.25) is 5.91 Å². The number of nitrogens with one attached hydrogen (secondary N) is 3. The fraction of sp³-hybridized carbons (Fsp3) is 0.556. The van der Waals surface area contributed by atoms with Crippen LogP contribution in [0.25, 0.3) is 0 Å². The Morgan fingerprint density at radius 3 is 2.81 bits per heavy atom. The van der Waals surface area contributed by atoms with Crippen LogP contribution in [0.4, 0.5) is 5.69 Å². The van der Waals surface area contributed by atoms with Crippen molar-refractivity contribution in [2.45, 2.75) is 25.8 Å². The van der Waals surface area contributed by atoms with Gasteiger partial charge in [0.1, 0.15) is 5.75 Å². The van der Waals surface area contributed by atoms with E-state index in [0.717, 1.165) is 37.4 Å². The number of anilines is 1. The molecule has 0 spiro atoms. The van der Waals surface area contributed by atoms with Crippen LogP contribution in [0.2, 0.25) is 0 Å². The first-order valence-corrected chi connectivity index (χ1v) is 8.79. The fourth-order valence-electron chi connectivity index (χ4n) is 2.87. The van der Waals surface area contributed by atoms with Crippen LogP contribution in [-0.2, 0) is 4.79 Å². The molecule has 1 aliphatic rings. The number of benzene rings is 1. The first-order valence-electron chi connectivity index (χ1n) is 8.79. The van der Waals surface area contributed by atoms with E-state index in [1.165, 1.54) is 0 Å². The van der Waals surface area contributed by atoms with E-state index in [0.29, 0.717) is 12.5 Å². The van der Waals surface area contributed by atoms with Crippen molar-refractivity contribution in [3.05, 3.63) is 24.3 Å². The normalized spacial score (nSPS) is 16.7. The number of halogens is 1. The van der Waals surface area contributed by atoms with Crippen LogP contribution in [-0.4, -0.2) is 58.2 Å². The zero-order valence-electron chi connectivity index (χ0n) is 15.7. The van der Waals surface area contributed by atoms with Crippen LogP contribution in [0.1, 0.15) is 19.8 Å². The van der Waals surface area contributed by atoms with Crippen molar-refractivity contribution in [1.82, 2.24) is 16.0 Å². The van der Waals surface area contributed by atoms with Gasteiger partial charge in [0.15, 0.2) is 5.96 Å². The fourth-order valence-corrected chi connectivity index (χ4v) is 2.87. The molecule has 1 aliphatic heterocycles. The molecular weight excluding hydrogens is 445 g/mol. The molecule has 8 heteroatoms. The van der Waals surface area contributed by atoms with E-state index in [9.17, 15) is 4.79 Å². The lowest BCUT2D eigenvalue weighted by Gasteiger charge is -2.22. The highest BCUT2D eigenvalue weighted by atomic mass is 127. The first kappa shape index (κ1) is 22.3. The summed E-state index contributed by atoms with van der Waals surface area (Å²) < 4.78 is 5.45. The third-order valence-corrected chi connectivity index (χ3v) is 4.17. The van der Waals surface area contributed by atoms with Gasteiger partial charge in [-0.15, -0.1) is 24.0 Å². The Morgan fingerprint density at radius 1 is 1.35 bits per heavy atom. The number of ether oxygens (including phenoxy) is 1.